The Bertz CT molecular complexity index is 530. The van der Waals surface area contributed by atoms with Crippen molar-refractivity contribution >= 4 is 39.1 Å². The first kappa shape index (κ1) is 14.4. The number of hydrogen-bond acceptors (Lipinski definition) is 4. The number of aliphatic hydroxyl groups is 1. The van der Waals surface area contributed by atoms with Crippen LogP contribution in [-0.4, -0.2) is 35.2 Å². The van der Waals surface area contributed by atoms with Gasteiger partial charge in [-0.05, 0) is 30.7 Å². The van der Waals surface area contributed by atoms with Crippen LogP contribution in [0.2, 0.25) is 0 Å². The molecule has 0 aliphatic carbocycles. The lowest BCUT2D eigenvalue weighted by atomic mass is 10.2. The third-order valence-electron chi connectivity index (χ3n) is 3.05. The Balaban J connectivity index is 2.11. The average Bonchev–Trinajstić information content (AvgIpc) is 2.84. The predicted molar refractivity (Wildman–Crippen MR) is 83.1 cm³/mol. The minimum Gasteiger partial charge on any atom is -0.395 e. The summed E-state index contributed by atoms with van der Waals surface area (Å²) >= 11 is 3.05. The SMILES string of the molecule is CSC(CO)C(C)NC(=O)c1cc2ccccc2s1. The Labute approximate surface area is 121 Å². The second-order valence-corrected chi connectivity index (χ2v) is 6.53. The molecule has 0 fully saturated rings. The third-order valence-corrected chi connectivity index (χ3v) is 5.33. The van der Waals surface area contributed by atoms with Crippen LogP contribution in [0.3, 0.4) is 0 Å². The van der Waals surface area contributed by atoms with E-state index in [9.17, 15) is 9.90 Å². The van der Waals surface area contributed by atoms with Crippen LogP contribution >= 0.6 is 23.1 Å². The van der Waals surface area contributed by atoms with Crippen molar-refractivity contribution in [1.82, 2.24) is 5.32 Å². The first-order valence-electron chi connectivity index (χ1n) is 6.08. The van der Waals surface area contributed by atoms with Gasteiger partial charge in [-0.2, -0.15) is 11.8 Å². The van der Waals surface area contributed by atoms with Crippen molar-refractivity contribution in [1.29, 1.82) is 0 Å². The van der Waals surface area contributed by atoms with E-state index in [-0.39, 0.29) is 23.8 Å². The molecule has 0 radical (unpaired) electrons. The summed E-state index contributed by atoms with van der Waals surface area (Å²) in [5.74, 6) is -0.0683. The molecule has 5 heteroatoms. The maximum absolute atomic E-state index is 12.2. The highest BCUT2D eigenvalue weighted by atomic mass is 32.2. The second-order valence-electron chi connectivity index (χ2n) is 4.37. The summed E-state index contributed by atoms with van der Waals surface area (Å²) in [6, 6.07) is 9.81. The third kappa shape index (κ3) is 3.29. The lowest BCUT2D eigenvalue weighted by Crippen LogP contribution is -2.40. The molecule has 2 atom stereocenters. The zero-order valence-electron chi connectivity index (χ0n) is 10.9. The number of nitrogens with one attached hydrogen (secondary N) is 1. The maximum Gasteiger partial charge on any atom is 0.261 e. The van der Waals surface area contributed by atoms with Gasteiger partial charge in [0.05, 0.1) is 11.5 Å². The molecule has 2 unspecified atom stereocenters. The Morgan fingerprint density at radius 1 is 1.47 bits per heavy atom. The maximum atomic E-state index is 12.2. The summed E-state index contributed by atoms with van der Waals surface area (Å²) in [7, 11) is 0. The lowest BCUT2D eigenvalue weighted by molar-refractivity contribution is 0.0940. The van der Waals surface area contributed by atoms with Gasteiger partial charge >= 0.3 is 0 Å². The van der Waals surface area contributed by atoms with Crippen molar-refractivity contribution < 1.29 is 9.90 Å². The van der Waals surface area contributed by atoms with E-state index in [1.807, 2.05) is 43.5 Å². The number of rotatable bonds is 5. The summed E-state index contributed by atoms with van der Waals surface area (Å²) in [6.45, 7) is 1.98. The first-order valence-corrected chi connectivity index (χ1v) is 8.19. The summed E-state index contributed by atoms with van der Waals surface area (Å²) in [5.41, 5.74) is 0. The first-order chi connectivity index (χ1) is 9.15. The molecule has 0 aliphatic heterocycles. The van der Waals surface area contributed by atoms with Crippen LogP contribution in [-0.2, 0) is 0 Å². The van der Waals surface area contributed by atoms with Crippen molar-refractivity contribution in [3.05, 3.63) is 35.2 Å². The van der Waals surface area contributed by atoms with Crippen LogP contribution in [0.5, 0.6) is 0 Å². The zero-order chi connectivity index (χ0) is 13.8. The molecule has 2 N–H and O–H groups in total. The van der Waals surface area contributed by atoms with Crippen LogP contribution in [0, 0.1) is 0 Å². The molecule has 0 saturated heterocycles. The highest BCUT2D eigenvalue weighted by Gasteiger charge is 2.19. The van der Waals surface area contributed by atoms with Gasteiger partial charge in [0.25, 0.3) is 5.91 Å². The number of carbonyl (C=O) groups is 1. The van der Waals surface area contributed by atoms with Crippen molar-refractivity contribution in [2.45, 2.75) is 18.2 Å². The molecule has 1 aromatic heterocycles. The molecule has 102 valence electrons. The molecule has 0 bridgehead atoms. The predicted octanol–water partition coefficient (Wildman–Crippen LogP) is 2.74. The molecule has 2 aromatic rings. The van der Waals surface area contributed by atoms with Gasteiger partial charge in [0.2, 0.25) is 0 Å². The van der Waals surface area contributed by atoms with Crippen molar-refractivity contribution in [3.8, 4) is 0 Å². The lowest BCUT2D eigenvalue weighted by Gasteiger charge is -2.20. The number of benzene rings is 1. The number of amides is 1. The number of fused-ring (bicyclic) bond motifs is 1. The number of hydrogen-bond donors (Lipinski definition) is 2. The Morgan fingerprint density at radius 3 is 2.84 bits per heavy atom. The molecule has 19 heavy (non-hydrogen) atoms. The molecule has 0 saturated carbocycles. The van der Waals surface area contributed by atoms with Crippen LogP contribution in [0.1, 0.15) is 16.6 Å². The Kier molecular flexibility index (Phi) is 4.85. The molecule has 1 aromatic carbocycles. The summed E-state index contributed by atoms with van der Waals surface area (Å²) in [4.78, 5) is 12.9. The van der Waals surface area contributed by atoms with Crippen LogP contribution < -0.4 is 5.32 Å². The fourth-order valence-corrected chi connectivity index (χ4v) is 3.49. The topological polar surface area (TPSA) is 49.3 Å². The molecule has 3 nitrogen and oxygen atoms in total. The van der Waals surface area contributed by atoms with Gasteiger partial charge in [-0.3, -0.25) is 4.79 Å². The quantitative estimate of drug-likeness (QED) is 0.892. The Morgan fingerprint density at radius 2 is 2.21 bits per heavy atom. The van der Waals surface area contributed by atoms with Crippen molar-refractivity contribution in [3.63, 3.8) is 0 Å². The monoisotopic (exact) mass is 295 g/mol. The minimum atomic E-state index is -0.0683. The smallest absolute Gasteiger partial charge is 0.261 e. The summed E-state index contributed by atoms with van der Waals surface area (Å²) < 4.78 is 1.11. The molecule has 1 amide bonds. The highest BCUT2D eigenvalue weighted by Crippen LogP contribution is 2.25. The van der Waals surface area contributed by atoms with E-state index >= 15 is 0 Å². The molecule has 2 rings (SSSR count). The standard InChI is InChI=1S/C14H17NO2S2/c1-9(13(8-16)18-2)15-14(17)12-7-10-5-3-4-6-11(10)19-12/h3-7,9,13,16H,8H2,1-2H3,(H,15,17). The van der Waals surface area contributed by atoms with E-state index in [0.717, 1.165) is 10.1 Å². The van der Waals surface area contributed by atoms with Gasteiger partial charge in [0.1, 0.15) is 0 Å². The second kappa shape index (κ2) is 6.41. The van der Waals surface area contributed by atoms with Crippen LogP contribution in [0.4, 0.5) is 0 Å². The summed E-state index contributed by atoms with van der Waals surface area (Å²) in [6.07, 6.45) is 1.93. The van der Waals surface area contributed by atoms with E-state index in [4.69, 9.17) is 0 Å². The molecule has 0 aliphatic rings. The van der Waals surface area contributed by atoms with E-state index in [1.54, 1.807) is 11.8 Å². The minimum absolute atomic E-state index is 0.0262. The molecular formula is C14H17NO2S2. The van der Waals surface area contributed by atoms with Gasteiger partial charge in [0.15, 0.2) is 0 Å². The fourth-order valence-electron chi connectivity index (χ4n) is 1.90. The highest BCUT2D eigenvalue weighted by molar-refractivity contribution is 7.99. The number of thioether (sulfide) groups is 1. The fraction of sp³-hybridized carbons (Fsp3) is 0.357. The van der Waals surface area contributed by atoms with E-state index in [0.29, 0.717) is 4.88 Å². The van der Waals surface area contributed by atoms with Crippen LogP contribution in [0.25, 0.3) is 10.1 Å². The van der Waals surface area contributed by atoms with Gasteiger partial charge < -0.3 is 10.4 Å². The molecule has 0 spiro atoms. The van der Waals surface area contributed by atoms with Gasteiger partial charge in [-0.15, -0.1) is 11.3 Å². The van der Waals surface area contributed by atoms with Gasteiger partial charge in [0, 0.05) is 16.0 Å². The van der Waals surface area contributed by atoms with Crippen LogP contribution in [0.15, 0.2) is 30.3 Å². The van der Waals surface area contributed by atoms with Crippen molar-refractivity contribution in [2.24, 2.45) is 0 Å². The molecular weight excluding hydrogens is 278 g/mol. The summed E-state index contributed by atoms with van der Waals surface area (Å²) in [5, 5.41) is 13.3. The van der Waals surface area contributed by atoms with E-state index in [2.05, 4.69) is 5.32 Å². The van der Waals surface area contributed by atoms with Crippen molar-refractivity contribution in [2.75, 3.05) is 12.9 Å². The average molecular weight is 295 g/mol. The van der Waals surface area contributed by atoms with E-state index < -0.39 is 0 Å². The number of aliphatic hydroxyl groups excluding tert-OH is 1. The largest absolute Gasteiger partial charge is 0.395 e. The van der Waals surface area contributed by atoms with Gasteiger partial charge in [-0.25, -0.2) is 0 Å². The number of carbonyl (C=O) groups excluding carboxylic acids is 1. The normalized spacial score (nSPS) is 14.3. The van der Waals surface area contributed by atoms with Gasteiger partial charge in [-0.1, -0.05) is 18.2 Å². The number of thiophene rings is 1. The van der Waals surface area contributed by atoms with E-state index in [1.165, 1.54) is 11.3 Å². The molecule has 1 heterocycles. The zero-order valence-corrected chi connectivity index (χ0v) is 12.6. The Hall–Kier alpha value is -1.04.